The van der Waals surface area contributed by atoms with Gasteiger partial charge in [-0.25, -0.2) is 10.1 Å². The minimum Gasteiger partial charge on any atom is -0.352 e. The predicted octanol–water partition coefficient (Wildman–Crippen LogP) is 3.39. The molecule has 0 N–H and O–H groups in total. The van der Waals surface area contributed by atoms with Crippen molar-refractivity contribution in [1.82, 2.24) is 29.7 Å². The van der Waals surface area contributed by atoms with E-state index in [1.54, 1.807) is 14.2 Å². The molecule has 6 heterocycles. The fourth-order valence-electron chi connectivity index (χ4n) is 5.32. The van der Waals surface area contributed by atoms with Crippen LogP contribution in [0.5, 0.6) is 0 Å². The van der Waals surface area contributed by atoms with E-state index in [9.17, 15) is 0 Å². The molecular formula is C27H38N8O2. The molecule has 6 aliphatic heterocycles. The summed E-state index contributed by atoms with van der Waals surface area (Å²) in [5.41, 5.74) is 7.00. The first-order valence-electron chi connectivity index (χ1n) is 13.0. The van der Waals surface area contributed by atoms with Crippen LogP contribution >= 0.6 is 0 Å². The normalized spacial score (nSPS) is 21.8. The highest BCUT2D eigenvalue weighted by molar-refractivity contribution is 5.82. The second kappa shape index (κ2) is 10.5. The molecule has 0 saturated carbocycles. The van der Waals surface area contributed by atoms with Crippen molar-refractivity contribution >= 4 is 12.4 Å². The Morgan fingerprint density at radius 2 is 1.24 bits per heavy atom. The van der Waals surface area contributed by atoms with Crippen LogP contribution in [0.25, 0.3) is 0 Å². The van der Waals surface area contributed by atoms with Crippen LogP contribution in [0, 0.1) is 0 Å². The minimum atomic E-state index is 0.722. The average Bonchev–Trinajstić information content (AvgIpc) is 3.52. The van der Waals surface area contributed by atoms with E-state index >= 15 is 0 Å². The summed E-state index contributed by atoms with van der Waals surface area (Å²) in [6.07, 6.45) is 13.3. The van der Waals surface area contributed by atoms with Crippen molar-refractivity contribution in [3.63, 3.8) is 0 Å². The van der Waals surface area contributed by atoms with Gasteiger partial charge in [0.15, 0.2) is 0 Å². The summed E-state index contributed by atoms with van der Waals surface area (Å²) < 4.78 is 0. The lowest BCUT2D eigenvalue weighted by Crippen LogP contribution is -2.41. The van der Waals surface area contributed by atoms with Crippen molar-refractivity contribution in [2.45, 2.75) is 34.1 Å². The van der Waals surface area contributed by atoms with E-state index in [1.807, 2.05) is 35.0 Å². The van der Waals surface area contributed by atoms with Gasteiger partial charge in [0.05, 0.1) is 50.4 Å². The summed E-state index contributed by atoms with van der Waals surface area (Å²) in [6, 6.07) is 0. The Kier molecular flexibility index (Phi) is 7.12. The molecule has 0 radical (unpaired) electrons. The average molecular weight is 507 g/mol. The van der Waals surface area contributed by atoms with E-state index in [-0.39, 0.29) is 0 Å². The second-order valence-corrected chi connectivity index (χ2v) is 9.80. The van der Waals surface area contributed by atoms with Gasteiger partial charge in [0.1, 0.15) is 36.4 Å². The number of aliphatic imine (C=N–C) groups is 2. The molecule has 6 rings (SSSR count). The van der Waals surface area contributed by atoms with Gasteiger partial charge in [-0.05, 0) is 39.3 Å². The predicted molar refractivity (Wildman–Crippen MR) is 145 cm³/mol. The third kappa shape index (κ3) is 4.78. The van der Waals surface area contributed by atoms with Crippen LogP contribution < -0.4 is 0 Å². The molecule has 0 amide bonds. The van der Waals surface area contributed by atoms with Crippen molar-refractivity contribution < 1.29 is 9.68 Å². The van der Waals surface area contributed by atoms with E-state index < -0.39 is 0 Å². The standard InChI is InChI=1S/C14H20N4O.C13H18N4O/c1-4-5-16-8-11(2)6-13-14(16)18-10-17(19-3)9-12(18)7-15-13;1-4-15-7-10(2)5-12-13(15)17-9-16(18-3)8-11(17)6-14-12/h6-7,9H,4-5,8,10H2,1-3H3;5-6,8H,4,7,9H2,1-3H3. The molecule has 37 heavy (non-hydrogen) atoms. The van der Waals surface area contributed by atoms with Gasteiger partial charge < -0.3 is 19.6 Å². The number of allylic oxidation sites excluding steroid dienone is 4. The molecule has 10 heteroatoms. The quantitative estimate of drug-likeness (QED) is 0.563. The summed E-state index contributed by atoms with van der Waals surface area (Å²) in [5.74, 6) is 2.40. The van der Waals surface area contributed by atoms with Crippen molar-refractivity contribution in [3.8, 4) is 0 Å². The highest BCUT2D eigenvalue weighted by atomic mass is 16.7. The number of rotatable bonds is 5. The Bertz CT molecular complexity index is 1170. The maximum Gasteiger partial charge on any atom is 0.137 e. The maximum absolute atomic E-state index is 5.30. The van der Waals surface area contributed by atoms with Gasteiger partial charge in [0.25, 0.3) is 0 Å². The lowest BCUT2D eigenvalue weighted by Gasteiger charge is -2.39. The molecule has 6 aliphatic rings. The van der Waals surface area contributed by atoms with E-state index in [0.29, 0.717) is 0 Å². The van der Waals surface area contributed by atoms with Crippen LogP contribution in [0.3, 0.4) is 0 Å². The van der Waals surface area contributed by atoms with Gasteiger partial charge in [-0.15, -0.1) is 0 Å². The number of hydrogen-bond donors (Lipinski definition) is 0. The number of fused-ring (bicyclic) bond motifs is 4. The van der Waals surface area contributed by atoms with E-state index in [0.717, 1.165) is 68.7 Å². The molecule has 0 unspecified atom stereocenters. The zero-order valence-corrected chi connectivity index (χ0v) is 22.8. The van der Waals surface area contributed by atoms with Crippen LogP contribution in [0.2, 0.25) is 0 Å². The first-order chi connectivity index (χ1) is 17.9. The number of nitrogens with zero attached hydrogens (tertiary/aromatic N) is 8. The zero-order chi connectivity index (χ0) is 26.1. The van der Waals surface area contributed by atoms with E-state index in [4.69, 9.17) is 9.68 Å². The molecular weight excluding hydrogens is 468 g/mol. The van der Waals surface area contributed by atoms with E-state index in [2.05, 4.69) is 69.4 Å². The second-order valence-electron chi connectivity index (χ2n) is 9.80. The number of hydroxylamine groups is 4. The Hall–Kier alpha value is -3.50. The first kappa shape index (κ1) is 25.2. The molecule has 0 saturated heterocycles. The van der Waals surface area contributed by atoms with Gasteiger partial charge in [-0.2, -0.15) is 0 Å². The van der Waals surface area contributed by atoms with Crippen molar-refractivity contribution in [3.05, 3.63) is 70.1 Å². The monoisotopic (exact) mass is 506 g/mol. The molecule has 10 nitrogen and oxygen atoms in total. The molecule has 0 aromatic rings. The van der Waals surface area contributed by atoms with E-state index in [1.165, 1.54) is 22.8 Å². The Morgan fingerprint density at radius 1 is 0.757 bits per heavy atom. The van der Waals surface area contributed by atoms with Crippen LogP contribution in [-0.2, 0) is 9.68 Å². The Balaban J connectivity index is 0.000000152. The summed E-state index contributed by atoms with van der Waals surface area (Å²) in [7, 11) is 3.38. The van der Waals surface area contributed by atoms with Gasteiger partial charge in [-0.3, -0.25) is 19.7 Å². The van der Waals surface area contributed by atoms with Crippen LogP contribution in [-0.4, -0.2) is 95.9 Å². The SMILES string of the molecule is CCCN1CC(C)=CC2=C1N1CN(OC)C=C1C=N2.CCN1CC(C)=CC2=C1N1CN(OC)C=C1C=N2. The van der Waals surface area contributed by atoms with Crippen LogP contribution in [0.4, 0.5) is 0 Å². The third-order valence-electron chi connectivity index (χ3n) is 6.97. The molecule has 0 fully saturated rings. The van der Waals surface area contributed by atoms with Crippen molar-refractivity contribution in [2.75, 3.05) is 53.7 Å². The summed E-state index contributed by atoms with van der Waals surface area (Å²) >= 11 is 0. The Morgan fingerprint density at radius 3 is 1.70 bits per heavy atom. The van der Waals surface area contributed by atoms with Crippen LogP contribution in [0.15, 0.2) is 80.1 Å². The fraction of sp³-hybridized carbons (Fsp3) is 0.481. The van der Waals surface area contributed by atoms with Gasteiger partial charge in [-0.1, -0.05) is 18.1 Å². The highest BCUT2D eigenvalue weighted by Gasteiger charge is 2.34. The zero-order valence-electron chi connectivity index (χ0n) is 22.8. The number of hydrogen-bond acceptors (Lipinski definition) is 10. The van der Waals surface area contributed by atoms with Gasteiger partial charge in [0.2, 0.25) is 0 Å². The lowest BCUT2D eigenvalue weighted by molar-refractivity contribution is -0.0971. The van der Waals surface area contributed by atoms with Crippen LogP contribution in [0.1, 0.15) is 34.1 Å². The lowest BCUT2D eigenvalue weighted by atomic mass is 10.1. The third-order valence-corrected chi connectivity index (χ3v) is 6.97. The fourth-order valence-corrected chi connectivity index (χ4v) is 5.32. The molecule has 0 spiro atoms. The highest BCUT2D eigenvalue weighted by Crippen LogP contribution is 2.34. The molecule has 0 bridgehead atoms. The summed E-state index contributed by atoms with van der Waals surface area (Å²) in [6.45, 7) is 14.1. The minimum absolute atomic E-state index is 0.722. The Labute approximate surface area is 220 Å². The summed E-state index contributed by atoms with van der Waals surface area (Å²) in [4.78, 5) is 29.0. The van der Waals surface area contributed by atoms with Crippen molar-refractivity contribution in [1.29, 1.82) is 0 Å². The largest absolute Gasteiger partial charge is 0.352 e. The summed E-state index contributed by atoms with van der Waals surface area (Å²) in [5, 5.41) is 3.64. The van der Waals surface area contributed by atoms with Gasteiger partial charge >= 0.3 is 0 Å². The molecule has 0 aliphatic carbocycles. The molecule has 0 atom stereocenters. The molecule has 0 aromatic carbocycles. The molecule has 0 aromatic heterocycles. The van der Waals surface area contributed by atoms with Crippen molar-refractivity contribution in [2.24, 2.45) is 9.98 Å². The topological polar surface area (TPSA) is 62.6 Å². The molecule has 198 valence electrons. The first-order valence-corrected chi connectivity index (χ1v) is 13.0. The smallest absolute Gasteiger partial charge is 0.137 e. The number of likely N-dealkylation sites (N-methyl/N-ethyl adjacent to an activating group) is 1. The van der Waals surface area contributed by atoms with Gasteiger partial charge in [0, 0.05) is 26.2 Å². The maximum atomic E-state index is 5.30.